The Morgan fingerprint density at radius 1 is 1.53 bits per heavy atom. The predicted octanol–water partition coefficient (Wildman–Crippen LogP) is 1.02. The van der Waals surface area contributed by atoms with Crippen molar-refractivity contribution in [1.82, 2.24) is 24.8 Å². The number of hydrogen-bond donors (Lipinski definition) is 0. The number of aromatic nitrogens is 4. The first-order valence-corrected chi connectivity index (χ1v) is 5.79. The van der Waals surface area contributed by atoms with Gasteiger partial charge in [0.15, 0.2) is 5.82 Å². The average molecular weight is 233 g/mol. The van der Waals surface area contributed by atoms with E-state index < -0.39 is 0 Å². The maximum Gasteiger partial charge on any atom is 0.213 e. The molecule has 3 rings (SSSR count). The SMILES string of the molecule is Cc1cnn(C2CCN(Cc3ncon3)C2)c1. The van der Waals surface area contributed by atoms with Gasteiger partial charge in [-0.2, -0.15) is 10.1 Å². The molecule has 2 aromatic rings. The minimum absolute atomic E-state index is 0.468. The van der Waals surface area contributed by atoms with Gasteiger partial charge in [0.05, 0.1) is 18.8 Å². The van der Waals surface area contributed by atoms with Gasteiger partial charge in [-0.15, -0.1) is 0 Å². The third-order valence-electron chi connectivity index (χ3n) is 3.12. The van der Waals surface area contributed by atoms with Crippen LogP contribution in [0.4, 0.5) is 0 Å². The molecule has 3 heterocycles. The van der Waals surface area contributed by atoms with E-state index in [4.69, 9.17) is 4.52 Å². The maximum atomic E-state index is 4.73. The van der Waals surface area contributed by atoms with Crippen LogP contribution in [-0.2, 0) is 6.54 Å². The van der Waals surface area contributed by atoms with E-state index in [9.17, 15) is 0 Å². The van der Waals surface area contributed by atoms with E-state index in [1.165, 1.54) is 12.0 Å². The van der Waals surface area contributed by atoms with E-state index >= 15 is 0 Å². The summed E-state index contributed by atoms with van der Waals surface area (Å²) in [6, 6.07) is 0.468. The summed E-state index contributed by atoms with van der Waals surface area (Å²) >= 11 is 0. The highest BCUT2D eigenvalue weighted by Gasteiger charge is 2.25. The van der Waals surface area contributed by atoms with Gasteiger partial charge >= 0.3 is 0 Å². The second-order valence-electron chi connectivity index (χ2n) is 4.52. The fraction of sp³-hybridized carbons (Fsp3) is 0.545. The molecule has 0 spiro atoms. The summed E-state index contributed by atoms with van der Waals surface area (Å²) in [6.45, 7) is 4.87. The van der Waals surface area contributed by atoms with E-state index in [-0.39, 0.29) is 0 Å². The highest BCUT2D eigenvalue weighted by Crippen LogP contribution is 2.22. The summed E-state index contributed by atoms with van der Waals surface area (Å²) in [5.41, 5.74) is 1.21. The Labute approximate surface area is 99.2 Å². The highest BCUT2D eigenvalue weighted by atomic mass is 16.5. The summed E-state index contributed by atoms with van der Waals surface area (Å²) in [6.07, 6.45) is 6.50. The number of rotatable bonds is 3. The maximum absolute atomic E-state index is 4.73. The molecular formula is C11H15N5O. The van der Waals surface area contributed by atoms with E-state index in [0.717, 1.165) is 31.9 Å². The lowest BCUT2D eigenvalue weighted by Gasteiger charge is -2.13. The van der Waals surface area contributed by atoms with Crippen molar-refractivity contribution in [3.05, 3.63) is 30.2 Å². The van der Waals surface area contributed by atoms with Gasteiger partial charge in [-0.3, -0.25) is 9.58 Å². The van der Waals surface area contributed by atoms with E-state index in [2.05, 4.69) is 37.9 Å². The smallest absolute Gasteiger partial charge is 0.213 e. The lowest BCUT2D eigenvalue weighted by atomic mass is 10.3. The van der Waals surface area contributed by atoms with Crippen molar-refractivity contribution < 1.29 is 4.52 Å². The van der Waals surface area contributed by atoms with E-state index in [1.807, 2.05) is 6.20 Å². The number of likely N-dealkylation sites (tertiary alicyclic amines) is 1. The van der Waals surface area contributed by atoms with Gasteiger partial charge in [0.25, 0.3) is 0 Å². The molecule has 0 aliphatic carbocycles. The van der Waals surface area contributed by atoms with Crippen LogP contribution < -0.4 is 0 Å². The summed E-state index contributed by atoms with van der Waals surface area (Å²) in [5.74, 6) is 0.752. The molecule has 0 bridgehead atoms. The first-order valence-electron chi connectivity index (χ1n) is 5.79. The molecule has 1 unspecified atom stereocenters. The molecule has 90 valence electrons. The molecule has 0 saturated carbocycles. The quantitative estimate of drug-likeness (QED) is 0.792. The van der Waals surface area contributed by atoms with Crippen molar-refractivity contribution in [3.63, 3.8) is 0 Å². The Hall–Kier alpha value is -1.69. The number of hydrogen-bond acceptors (Lipinski definition) is 5. The van der Waals surface area contributed by atoms with Crippen molar-refractivity contribution in [2.24, 2.45) is 0 Å². The third-order valence-corrected chi connectivity index (χ3v) is 3.12. The van der Waals surface area contributed by atoms with Crippen molar-refractivity contribution in [2.75, 3.05) is 13.1 Å². The molecule has 1 aliphatic rings. The fourth-order valence-electron chi connectivity index (χ4n) is 2.27. The Morgan fingerprint density at radius 2 is 2.47 bits per heavy atom. The van der Waals surface area contributed by atoms with Crippen LogP contribution in [0.3, 0.4) is 0 Å². The molecule has 0 aromatic carbocycles. The van der Waals surface area contributed by atoms with Gasteiger partial charge in [-0.25, -0.2) is 0 Å². The number of aryl methyl sites for hydroxylation is 1. The lowest BCUT2D eigenvalue weighted by Crippen LogP contribution is -2.22. The lowest BCUT2D eigenvalue weighted by molar-refractivity contribution is 0.296. The van der Waals surface area contributed by atoms with Gasteiger partial charge < -0.3 is 4.52 Å². The molecule has 6 heteroatoms. The predicted molar refractivity (Wildman–Crippen MR) is 60.2 cm³/mol. The van der Waals surface area contributed by atoms with Crippen LogP contribution in [-0.4, -0.2) is 37.9 Å². The average Bonchev–Trinajstić information content (AvgIpc) is 2.99. The molecule has 6 nitrogen and oxygen atoms in total. The van der Waals surface area contributed by atoms with Gasteiger partial charge in [-0.1, -0.05) is 5.16 Å². The van der Waals surface area contributed by atoms with E-state index in [0.29, 0.717) is 6.04 Å². The standard InChI is InChI=1S/C11H15N5O/c1-9-4-13-16(5-9)10-2-3-15(6-10)7-11-12-8-17-14-11/h4-5,8,10H,2-3,6-7H2,1H3. The van der Waals surface area contributed by atoms with E-state index in [1.54, 1.807) is 0 Å². The van der Waals surface area contributed by atoms with Gasteiger partial charge in [0.1, 0.15) is 0 Å². The Bertz CT molecular complexity index is 478. The molecule has 0 N–H and O–H groups in total. The minimum Gasteiger partial charge on any atom is -0.343 e. The largest absolute Gasteiger partial charge is 0.343 e. The molecule has 1 fully saturated rings. The normalized spacial score (nSPS) is 21.1. The van der Waals surface area contributed by atoms with Gasteiger partial charge in [0.2, 0.25) is 6.39 Å². The zero-order chi connectivity index (χ0) is 11.7. The zero-order valence-electron chi connectivity index (χ0n) is 9.78. The van der Waals surface area contributed by atoms with Crippen LogP contribution in [0.5, 0.6) is 0 Å². The van der Waals surface area contributed by atoms with Gasteiger partial charge in [0, 0.05) is 19.3 Å². The number of nitrogens with zero attached hydrogens (tertiary/aromatic N) is 5. The van der Waals surface area contributed by atoms with Crippen molar-refractivity contribution in [1.29, 1.82) is 0 Å². The van der Waals surface area contributed by atoms with Crippen LogP contribution in [0.2, 0.25) is 0 Å². The zero-order valence-corrected chi connectivity index (χ0v) is 9.78. The topological polar surface area (TPSA) is 60.0 Å². The second-order valence-corrected chi connectivity index (χ2v) is 4.52. The summed E-state index contributed by atoms with van der Waals surface area (Å²) in [7, 11) is 0. The highest BCUT2D eigenvalue weighted by molar-refractivity contribution is 5.01. The molecule has 1 saturated heterocycles. The summed E-state index contributed by atoms with van der Waals surface area (Å²) < 4.78 is 6.80. The molecule has 1 aliphatic heterocycles. The van der Waals surface area contributed by atoms with Crippen LogP contribution in [0, 0.1) is 6.92 Å². The van der Waals surface area contributed by atoms with Crippen LogP contribution in [0.1, 0.15) is 23.9 Å². The van der Waals surface area contributed by atoms with Crippen LogP contribution in [0.15, 0.2) is 23.3 Å². The third kappa shape index (κ3) is 2.21. The Kier molecular flexibility index (Phi) is 2.64. The van der Waals surface area contributed by atoms with Crippen molar-refractivity contribution >= 4 is 0 Å². The first kappa shape index (κ1) is 10.5. The Balaban J connectivity index is 1.62. The fourth-order valence-corrected chi connectivity index (χ4v) is 2.27. The van der Waals surface area contributed by atoms with Crippen LogP contribution in [0.25, 0.3) is 0 Å². The van der Waals surface area contributed by atoms with Gasteiger partial charge in [-0.05, 0) is 18.9 Å². The molecule has 2 aromatic heterocycles. The van der Waals surface area contributed by atoms with Crippen molar-refractivity contribution in [3.8, 4) is 0 Å². The van der Waals surface area contributed by atoms with Crippen molar-refractivity contribution in [2.45, 2.75) is 25.9 Å². The molecular weight excluding hydrogens is 218 g/mol. The first-order chi connectivity index (χ1) is 8.31. The van der Waals surface area contributed by atoms with Crippen LogP contribution >= 0.6 is 0 Å². The second kappa shape index (κ2) is 4.29. The molecule has 0 amide bonds. The molecule has 1 atom stereocenters. The molecule has 17 heavy (non-hydrogen) atoms. The summed E-state index contributed by atoms with van der Waals surface area (Å²) in [4.78, 5) is 6.37. The molecule has 0 radical (unpaired) electrons. The summed E-state index contributed by atoms with van der Waals surface area (Å²) in [5, 5.41) is 8.20. The monoisotopic (exact) mass is 233 g/mol. The minimum atomic E-state index is 0.468. The Morgan fingerprint density at radius 3 is 3.18 bits per heavy atom.